The predicted molar refractivity (Wildman–Crippen MR) is 121 cm³/mol. The topological polar surface area (TPSA) is 106 Å². The van der Waals surface area contributed by atoms with Crippen LogP contribution in [0.2, 0.25) is 5.02 Å². The lowest BCUT2D eigenvalue weighted by Gasteiger charge is -2.11. The first-order valence-corrected chi connectivity index (χ1v) is 10.2. The molecule has 0 radical (unpaired) electrons. The molecule has 0 atom stereocenters. The monoisotopic (exact) mass is 452 g/mol. The second-order valence-electron chi connectivity index (χ2n) is 6.85. The first kappa shape index (κ1) is 23.0. The first-order chi connectivity index (χ1) is 15.4. The molecule has 3 aromatic rings. The quantitative estimate of drug-likeness (QED) is 0.318. The summed E-state index contributed by atoms with van der Waals surface area (Å²) in [6.07, 6.45) is 3.35. The Labute approximate surface area is 189 Å². The average Bonchev–Trinajstić information content (AvgIpc) is 2.79. The van der Waals surface area contributed by atoms with Crippen LogP contribution in [0.3, 0.4) is 0 Å². The molecule has 1 N–H and O–H groups in total. The number of fused-ring (bicyclic) bond motifs is 1. The lowest BCUT2D eigenvalue weighted by molar-refractivity contribution is -0.117. The Morgan fingerprint density at radius 1 is 1.31 bits per heavy atom. The van der Waals surface area contributed by atoms with E-state index in [1.165, 1.54) is 10.5 Å². The predicted octanol–water partition coefficient (Wildman–Crippen LogP) is 3.51. The Bertz CT molecular complexity index is 1260. The van der Waals surface area contributed by atoms with Crippen molar-refractivity contribution >= 4 is 29.2 Å². The van der Waals surface area contributed by atoms with E-state index < -0.39 is 11.5 Å². The Kier molecular flexibility index (Phi) is 7.60. The number of hydrogen-bond donors (Lipinski definition) is 1. The molecular formula is C23H21ClN4O4. The van der Waals surface area contributed by atoms with E-state index in [1.54, 1.807) is 43.6 Å². The van der Waals surface area contributed by atoms with Crippen LogP contribution in [0.15, 0.2) is 53.0 Å². The largest absolute Gasteiger partial charge is 0.438 e. The highest BCUT2D eigenvalue weighted by molar-refractivity contribution is 6.30. The number of hydrogen-bond acceptors (Lipinski definition) is 6. The molecule has 2 heterocycles. The van der Waals surface area contributed by atoms with Gasteiger partial charge in [0.2, 0.25) is 5.88 Å². The molecular weight excluding hydrogens is 432 g/mol. The van der Waals surface area contributed by atoms with Gasteiger partial charge in [0, 0.05) is 31.5 Å². The summed E-state index contributed by atoms with van der Waals surface area (Å²) in [5.41, 5.74) is 0.433. The zero-order valence-electron chi connectivity index (χ0n) is 17.6. The van der Waals surface area contributed by atoms with Gasteiger partial charge in [-0.3, -0.25) is 14.0 Å². The number of carbonyl (C=O) groups is 1. The molecule has 0 aliphatic carbocycles. The fourth-order valence-electron chi connectivity index (χ4n) is 2.91. The summed E-state index contributed by atoms with van der Waals surface area (Å²) in [6.45, 7) is 2.62. The lowest BCUT2D eigenvalue weighted by Crippen LogP contribution is -2.27. The van der Waals surface area contributed by atoms with Crippen LogP contribution < -0.4 is 15.6 Å². The molecule has 32 heavy (non-hydrogen) atoms. The van der Waals surface area contributed by atoms with Crippen molar-refractivity contribution in [3.05, 3.63) is 74.7 Å². The van der Waals surface area contributed by atoms with Crippen LogP contribution >= 0.6 is 11.6 Å². The van der Waals surface area contributed by atoms with Gasteiger partial charge in [0.15, 0.2) is 0 Å². The van der Waals surface area contributed by atoms with Crippen LogP contribution in [-0.4, -0.2) is 35.6 Å². The van der Waals surface area contributed by atoms with Crippen molar-refractivity contribution in [1.82, 2.24) is 14.7 Å². The minimum absolute atomic E-state index is 0.0216. The van der Waals surface area contributed by atoms with Gasteiger partial charge < -0.3 is 14.8 Å². The SMILES string of the molecule is COCCCNC(=O)/C(C#N)=C/c1c(Oc2ccc(Cl)cc2)nc2c(C)cccn2c1=O. The van der Waals surface area contributed by atoms with Crippen molar-refractivity contribution in [3.63, 3.8) is 0 Å². The molecule has 164 valence electrons. The van der Waals surface area contributed by atoms with Crippen LogP contribution in [0, 0.1) is 18.3 Å². The Balaban J connectivity index is 2.08. The fraction of sp³-hybridized carbons (Fsp3) is 0.217. The third-order valence-corrected chi connectivity index (χ3v) is 4.79. The van der Waals surface area contributed by atoms with Crippen LogP contribution in [0.25, 0.3) is 11.7 Å². The van der Waals surface area contributed by atoms with E-state index in [-0.39, 0.29) is 17.0 Å². The van der Waals surface area contributed by atoms with Crippen LogP contribution in [0.1, 0.15) is 17.5 Å². The smallest absolute Gasteiger partial charge is 0.269 e. The number of aromatic nitrogens is 2. The summed E-state index contributed by atoms with van der Waals surface area (Å²) in [5.74, 6) is -0.224. The van der Waals surface area contributed by atoms with E-state index in [2.05, 4.69) is 10.3 Å². The maximum atomic E-state index is 13.2. The molecule has 1 aromatic carbocycles. The number of carbonyl (C=O) groups excluding carboxylic acids is 1. The number of pyridine rings is 1. The second-order valence-corrected chi connectivity index (χ2v) is 7.29. The Hall–Kier alpha value is -3.67. The fourth-order valence-corrected chi connectivity index (χ4v) is 3.04. The maximum absolute atomic E-state index is 13.2. The number of nitriles is 1. The number of nitrogens with zero attached hydrogens (tertiary/aromatic N) is 3. The van der Waals surface area contributed by atoms with E-state index in [9.17, 15) is 14.9 Å². The molecule has 0 unspecified atom stereocenters. The van der Waals surface area contributed by atoms with Gasteiger partial charge in [-0.1, -0.05) is 17.7 Å². The van der Waals surface area contributed by atoms with E-state index in [0.29, 0.717) is 36.0 Å². The Morgan fingerprint density at radius 3 is 2.75 bits per heavy atom. The number of halogens is 1. The highest BCUT2D eigenvalue weighted by atomic mass is 35.5. The second kappa shape index (κ2) is 10.6. The third kappa shape index (κ3) is 5.32. The highest BCUT2D eigenvalue weighted by Crippen LogP contribution is 2.25. The van der Waals surface area contributed by atoms with Crippen LogP contribution in [0.4, 0.5) is 0 Å². The number of benzene rings is 1. The number of ether oxygens (including phenoxy) is 2. The lowest BCUT2D eigenvalue weighted by atomic mass is 10.1. The molecule has 9 heteroatoms. The normalized spacial score (nSPS) is 11.2. The number of aryl methyl sites for hydroxylation is 1. The van der Waals surface area contributed by atoms with Gasteiger partial charge in [0.25, 0.3) is 11.5 Å². The van der Waals surface area contributed by atoms with Crippen molar-refractivity contribution in [2.75, 3.05) is 20.3 Å². The van der Waals surface area contributed by atoms with Crippen molar-refractivity contribution < 1.29 is 14.3 Å². The van der Waals surface area contributed by atoms with Gasteiger partial charge in [0.1, 0.15) is 28.6 Å². The molecule has 0 aliphatic rings. The van der Waals surface area contributed by atoms with Crippen LogP contribution in [-0.2, 0) is 9.53 Å². The van der Waals surface area contributed by atoms with E-state index >= 15 is 0 Å². The Morgan fingerprint density at radius 2 is 2.06 bits per heavy atom. The molecule has 1 amide bonds. The minimum Gasteiger partial charge on any atom is -0.438 e. The van der Waals surface area contributed by atoms with Crippen molar-refractivity contribution in [2.24, 2.45) is 0 Å². The van der Waals surface area contributed by atoms with Gasteiger partial charge in [-0.05, 0) is 55.3 Å². The molecule has 0 bridgehead atoms. The maximum Gasteiger partial charge on any atom is 0.269 e. The van der Waals surface area contributed by atoms with Gasteiger partial charge >= 0.3 is 0 Å². The molecule has 0 saturated carbocycles. The third-order valence-electron chi connectivity index (χ3n) is 4.54. The summed E-state index contributed by atoms with van der Waals surface area (Å²) in [4.78, 5) is 30.2. The zero-order valence-corrected chi connectivity index (χ0v) is 18.3. The summed E-state index contributed by atoms with van der Waals surface area (Å²) in [5, 5.41) is 12.7. The molecule has 0 saturated heterocycles. The highest BCUT2D eigenvalue weighted by Gasteiger charge is 2.18. The van der Waals surface area contributed by atoms with E-state index in [0.717, 1.165) is 5.56 Å². The number of nitrogens with one attached hydrogen (secondary N) is 1. The number of rotatable bonds is 8. The molecule has 2 aromatic heterocycles. The standard InChI is InChI=1S/C23H21ClN4O4/c1-15-5-3-11-28-20(15)27-22(32-18-8-6-17(24)7-9-18)19(23(28)30)13-16(14-25)21(29)26-10-4-12-31-2/h3,5-9,11,13H,4,10,12H2,1-2H3,(H,26,29)/b16-13+. The van der Waals surface area contributed by atoms with Crippen molar-refractivity contribution in [2.45, 2.75) is 13.3 Å². The van der Waals surface area contributed by atoms with Crippen molar-refractivity contribution in [1.29, 1.82) is 5.26 Å². The summed E-state index contributed by atoms with van der Waals surface area (Å²) < 4.78 is 12.2. The summed E-state index contributed by atoms with van der Waals surface area (Å²) in [7, 11) is 1.56. The zero-order chi connectivity index (χ0) is 23.1. The van der Waals surface area contributed by atoms with Gasteiger partial charge in [0.05, 0.1) is 0 Å². The van der Waals surface area contributed by atoms with E-state index in [1.807, 2.05) is 19.1 Å². The first-order valence-electron chi connectivity index (χ1n) is 9.79. The molecule has 3 rings (SSSR count). The molecule has 8 nitrogen and oxygen atoms in total. The summed E-state index contributed by atoms with van der Waals surface area (Å²) >= 11 is 5.93. The molecule has 0 aliphatic heterocycles. The van der Waals surface area contributed by atoms with Gasteiger partial charge in [-0.25, -0.2) is 0 Å². The molecule has 0 fully saturated rings. The number of methoxy groups -OCH3 is 1. The van der Waals surface area contributed by atoms with Crippen LogP contribution in [0.5, 0.6) is 11.6 Å². The van der Waals surface area contributed by atoms with E-state index in [4.69, 9.17) is 21.1 Å². The average molecular weight is 453 g/mol. The van der Waals surface area contributed by atoms with Crippen molar-refractivity contribution in [3.8, 4) is 17.7 Å². The minimum atomic E-state index is -0.602. The number of amides is 1. The van der Waals surface area contributed by atoms with Gasteiger partial charge in [-0.15, -0.1) is 0 Å². The summed E-state index contributed by atoms with van der Waals surface area (Å²) in [6, 6.07) is 11.9. The molecule has 0 spiro atoms. The van der Waals surface area contributed by atoms with Gasteiger partial charge in [-0.2, -0.15) is 10.2 Å².